The highest BCUT2D eigenvalue weighted by atomic mass is 16.6. The Morgan fingerprint density at radius 3 is 0.753 bits per heavy atom. The molecule has 0 radical (unpaired) electrons. The average Bonchev–Trinajstić information content (AvgIpc) is 3.43. The molecule has 6 heteroatoms. The van der Waals surface area contributed by atoms with Gasteiger partial charge in [-0.05, 0) is 103 Å². The summed E-state index contributed by atoms with van der Waals surface area (Å²) in [6.07, 6.45) is 82.7. The van der Waals surface area contributed by atoms with Crippen LogP contribution in [0.15, 0.2) is 48.6 Å². The molecule has 0 aromatic rings. The van der Waals surface area contributed by atoms with Gasteiger partial charge in [-0.25, -0.2) is 0 Å². The zero-order chi connectivity index (χ0) is 55.7. The molecule has 0 fully saturated rings. The van der Waals surface area contributed by atoms with Gasteiger partial charge in [0.1, 0.15) is 13.2 Å². The summed E-state index contributed by atoms with van der Waals surface area (Å²) in [6, 6.07) is 0. The molecule has 0 N–H and O–H groups in total. The molecule has 0 aliphatic rings. The fraction of sp³-hybridized carbons (Fsp3) is 0.845. The fourth-order valence-electron chi connectivity index (χ4n) is 10.1. The van der Waals surface area contributed by atoms with Crippen molar-refractivity contribution >= 4 is 17.9 Å². The first-order valence-electron chi connectivity index (χ1n) is 34.1. The van der Waals surface area contributed by atoms with Gasteiger partial charge in [0.2, 0.25) is 0 Å². The predicted molar refractivity (Wildman–Crippen MR) is 335 cm³/mol. The maximum Gasteiger partial charge on any atom is 0.306 e. The number of ether oxygens (including phenoxy) is 3. The van der Waals surface area contributed by atoms with E-state index in [4.69, 9.17) is 14.2 Å². The monoisotopic (exact) mass is 1080 g/mol. The molecule has 0 saturated heterocycles. The summed E-state index contributed by atoms with van der Waals surface area (Å²) in [6.45, 7) is 6.65. The highest BCUT2D eigenvalue weighted by Crippen LogP contribution is 2.17. The Morgan fingerprint density at radius 2 is 0.468 bits per heavy atom. The second-order valence-electron chi connectivity index (χ2n) is 23.1. The zero-order valence-corrected chi connectivity index (χ0v) is 51.7. The van der Waals surface area contributed by atoms with Gasteiger partial charge in [-0.2, -0.15) is 0 Å². The lowest BCUT2D eigenvalue weighted by atomic mass is 10.0. The van der Waals surface area contributed by atoms with Crippen molar-refractivity contribution in [2.24, 2.45) is 0 Å². The van der Waals surface area contributed by atoms with Crippen LogP contribution < -0.4 is 0 Å². The second-order valence-corrected chi connectivity index (χ2v) is 23.1. The summed E-state index contributed by atoms with van der Waals surface area (Å²) in [4.78, 5) is 38.4. The van der Waals surface area contributed by atoms with E-state index in [1.54, 1.807) is 0 Å². The summed E-state index contributed by atoms with van der Waals surface area (Å²) in [5.41, 5.74) is 0. The Hall–Kier alpha value is -2.63. The van der Waals surface area contributed by atoms with Crippen LogP contribution in [-0.4, -0.2) is 37.2 Å². The highest BCUT2D eigenvalue weighted by molar-refractivity contribution is 5.71. The summed E-state index contributed by atoms with van der Waals surface area (Å²) < 4.78 is 17.0. The number of carbonyl (C=O) groups excluding carboxylic acids is 3. The molecule has 0 spiro atoms. The van der Waals surface area contributed by atoms with E-state index in [0.29, 0.717) is 19.3 Å². The molecule has 0 amide bonds. The van der Waals surface area contributed by atoms with Gasteiger partial charge < -0.3 is 14.2 Å². The number of hydrogen-bond acceptors (Lipinski definition) is 6. The van der Waals surface area contributed by atoms with E-state index in [1.165, 1.54) is 250 Å². The quantitative estimate of drug-likeness (QED) is 0.0261. The largest absolute Gasteiger partial charge is 0.462 e. The van der Waals surface area contributed by atoms with Gasteiger partial charge in [-0.15, -0.1) is 0 Å². The van der Waals surface area contributed by atoms with Crippen molar-refractivity contribution in [2.75, 3.05) is 13.2 Å². The minimum absolute atomic E-state index is 0.0763. The van der Waals surface area contributed by atoms with Crippen LogP contribution >= 0.6 is 0 Å². The first-order valence-corrected chi connectivity index (χ1v) is 34.1. The normalized spacial score (nSPS) is 12.3. The molecule has 0 aliphatic heterocycles. The third-order valence-corrected chi connectivity index (χ3v) is 15.3. The summed E-state index contributed by atoms with van der Waals surface area (Å²) in [5, 5.41) is 0. The summed E-state index contributed by atoms with van der Waals surface area (Å²) >= 11 is 0. The molecule has 0 aromatic heterocycles. The number of unbranched alkanes of at least 4 members (excludes halogenated alkanes) is 44. The maximum atomic E-state index is 12.9. The molecule has 0 bridgehead atoms. The van der Waals surface area contributed by atoms with Gasteiger partial charge in [-0.3, -0.25) is 14.4 Å². The van der Waals surface area contributed by atoms with E-state index < -0.39 is 6.10 Å². The average molecular weight is 1080 g/mol. The van der Waals surface area contributed by atoms with Crippen molar-refractivity contribution in [3.63, 3.8) is 0 Å². The van der Waals surface area contributed by atoms with Gasteiger partial charge in [0, 0.05) is 19.3 Å². The molecule has 77 heavy (non-hydrogen) atoms. The van der Waals surface area contributed by atoms with Gasteiger partial charge in [0.05, 0.1) is 0 Å². The zero-order valence-electron chi connectivity index (χ0n) is 51.7. The second kappa shape index (κ2) is 65.9. The van der Waals surface area contributed by atoms with Crippen molar-refractivity contribution in [3.8, 4) is 0 Å². The van der Waals surface area contributed by atoms with Gasteiger partial charge in [-0.1, -0.05) is 294 Å². The van der Waals surface area contributed by atoms with Crippen LogP contribution in [0.4, 0.5) is 0 Å². The molecule has 0 aromatic carbocycles. The van der Waals surface area contributed by atoms with E-state index in [9.17, 15) is 14.4 Å². The van der Waals surface area contributed by atoms with E-state index >= 15 is 0 Å². The SMILES string of the molecule is CCCCC/C=C\C/C=C\CCCCCCCC(=O)OCC(COC(=O)CCCCCCCCCCCCCCCCC/C=C\CCCCCCCCCC)OC(=O)CCCCCCCCC/C=C\CCCCCCCC. The Bertz CT molecular complexity index is 1330. The van der Waals surface area contributed by atoms with E-state index in [1.807, 2.05) is 0 Å². The molecule has 6 nitrogen and oxygen atoms in total. The van der Waals surface area contributed by atoms with E-state index in [2.05, 4.69) is 69.4 Å². The highest BCUT2D eigenvalue weighted by Gasteiger charge is 2.19. The van der Waals surface area contributed by atoms with Crippen LogP contribution in [-0.2, 0) is 28.6 Å². The molecule has 0 saturated carbocycles. The van der Waals surface area contributed by atoms with Crippen LogP contribution in [0.25, 0.3) is 0 Å². The first kappa shape index (κ1) is 74.4. The smallest absolute Gasteiger partial charge is 0.306 e. The molecule has 0 rings (SSSR count). The molecule has 1 atom stereocenters. The van der Waals surface area contributed by atoms with Crippen LogP contribution in [0.2, 0.25) is 0 Å². The fourth-order valence-corrected chi connectivity index (χ4v) is 10.1. The van der Waals surface area contributed by atoms with Crippen LogP contribution in [0, 0.1) is 0 Å². The number of hydrogen-bond donors (Lipinski definition) is 0. The van der Waals surface area contributed by atoms with Crippen molar-refractivity contribution in [1.82, 2.24) is 0 Å². The van der Waals surface area contributed by atoms with Gasteiger partial charge in [0.25, 0.3) is 0 Å². The minimum atomic E-state index is -0.781. The van der Waals surface area contributed by atoms with Crippen molar-refractivity contribution in [2.45, 2.75) is 374 Å². The Kier molecular flexibility index (Phi) is 63.6. The number of rotatable bonds is 63. The summed E-state index contributed by atoms with van der Waals surface area (Å²) in [5.74, 6) is -0.873. The third kappa shape index (κ3) is 64.1. The van der Waals surface area contributed by atoms with Gasteiger partial charge >= 0.3 is 17.9 Å². The van der Waals surface area contributed by atoms with Gasteiger partial charge in [0.15, 0.2) is 6.10 Å². The number of esters is 3. The van der Waals surface area contributed by atoms with E-state index in [-0.39, 0.29) is 31.1 Å². The van der Waals surface area contributed by atoms with Crippen LogP contribution in [0.3, 0.4) is 0 Å². The lowest BCUT2D eigenvalue weighted by Crippen LogP contribution is -2.30. The number of allylic oxidation sites excluding steroid dienone is 8. The first-order chi connectivity index (χ1) is 38.0. The maximum absolute atomic E-state index is 12.9. The van der Waals surface area contributed by atoms with Crippen LogP contribution in [0.1, 0.15) is 367 Å². The topological polar surface area (TPSA) is 78.9 Å². The van der Waals surface area contributed by atoms with Crippen LogP contribution in [0.5, 0.6) is 0 Å². The summed E-state index contributed by atoms with van der Waals surface area (Å²) in [7, 11) is 0. The van der Waals surface area contributed by atoms with E-state index in [0.717, 1.165) is 77.0 Å². The third-order valence-electron chi connectivity index (χ3n) is 15.3. The molecular formula is C71H130O6. The lowest BCUT2D eigenvalue weighted by Gasteiger charge is -2.18. The van der Waals surface area contributed by atoms with Crippen molar-refractivity contribution < 1.29 is 28.6 Å². The Balaban J connectivity index is 4.25. The predicted octanol–water partition coefficient (Wildman–Crippen LogP) is 23.3. The molecule has 0 heterocycles. The Morgan fingerprint density at radius 1 is 0.260 bits per heavy atom. The van der Waals surface area contributed by atoms with Crippen molar-refractivity contribution in [1.29, 1.82) is 0 Å². The standard InChI is InChI=1S/C71H130O6/c1-4-7-10-13-16-19-22-25-28-30-31-32-33-34-35-36-37-38-39-41-43-46-49-52-55-58-61-64-70(73)76-67-68(66-75-69(72)63-60-57-54-51-48-45-42-27-24-21-18-15-12-9-6-3)77-71(74)65-62-59-56-53-50-47-44-40-29-26-23-20-17-14-11-8-5-2/h18,21,26-27,29-31,42,68H,4-17,19-20,22-25,28,32-41,43-67H2,1-3H3/b21-18-,29-26-,31-30-,42-27-. The number of carbonyl (C=O) groups is 3. The molecule has 1 unspecified atom stereocenters. The van der Waals surface area contributed by atoms with Crippen molar-refractivity contribution in [3.05, 3.63) is 48.6 Å². The lowest BCUT2D eigenvalue weighted by molar-refractivity contribution is -0.167. The molecule has 0 aliphatic carbocycles. The molecular weight excluding hydrogens is 949 g/mol. The Labute approximate surface area is 479 Å². The molecule has 450 valence electrons. The minimum Gasteiger partial charge on any atom is -0.462 e.